The summed E-state index contributed by atoms with van der Waals surface area (Å²) in [6, 6.07) is 1.03. The highest BCUT2D eigenvalue weighted by Gasteiger charge is 2.52. The number of ether oxygens (including phenoxy) is 2. The van der Waals surface area contributed by atoms with E-state index in [2.05, 4.69) is 20.0 Å². The lowest BCUT2D eigenvalue weighted by Crippen LogP contribution is -2.62. The molecule has 1 heterocycles. The number of hydrogen-bond acceptors (Lipinski definition) is 5. The number of nitrogens with zero attached hydrogens (tertiary/aromatic N) is 1. The molecule has 10 heteroatoms. The fourth-order valence-corrected chi connectivity index (χ4v) is 5.48. The highest BCUT2D eigenvalue weighted by Crippen LogP contribution is 2.54. The minimum atomic E-state index is -4.54. The molecule has 0 aromatic carbocycles. The van der Waals surface area contributed by atoms with Crippen molar-refractivity contribution in [3.8, 4) is 11.8 Å². The number of carbonyl (C=O) groups excluding carboxylic acids is 1. The van der Waals surface area contributed by atoms with Crippen molar-refractivity contribution in [1.82, 2.24) is 15.3 Å². The van der Waals surface area contributed by atoms with E-state index in [-0.39, 0.29) is 23.9 Å². The van der Waals surface area contributed by atoms with Crippen molar-refractivity contribution < 1.29 is 27.4 Å². The van der Waals surface area contributed by atoms with Crippen LogP contribution in [0.3, 0.4) is 0 Å². The van der Waals surface area contributed by atoms with E-state index in [1.807, 2.05) is 0 Å². The van der Waals surface area contributed by atoms with Crippen LogP contribution >= 0.6 is 0 Å². The molecule has 2 unspecified atom stereocenters. The van der Waals surface area contributed by atoms with Gasteiger partial charge >= 0.3 is 11.9 Å². The second-order valence-corrected chi connectivity index (χ2v) is 8.51. The standard InChI is InChI=1S/C19H24F3N3O4/c20-19(21,22)10-29-16-6-15(23-17(27)24-16)28-9-14(26)25-18-7-11-1-3-13(18)4-2-12(5-11)8-18/h6,11-13H,1-5,7-10H2,(H,25,26)(H,23,24,27). The van der Waals surface area contributed by atoms with Crippen LogP contribution in [0.4, 0.5) is 13.2 Å². The van der Waals surface area contributed by atoms with Crippen LogP contribution in [0.5, 0.6) is 11.8 Å². The number of carbonyl (C=O) groups is 1. The zero-order chi connectivity index (χ0) is 20.6. The lowest BCUT2D eigenvalue weighted by Gasteiger charge is -2.57. The van der Waals surface area contributed by atoms with Gasteiger partial charge in [0.05, 0.1) is 6.07 Å². The first kappa shape index (κ1) is 20.0. The molecule has 3 bridgehead atoms. The molecule has 3 saturated carbocycles. The first-order valence-corrected chi connectivity index (χ1v) is 9.95. The Balaban J connectivity index is 1.36. The normalized spacial score (nSPS) is 30.7. The largest absolute Gasteiger partial charge is 0.469 e. The van der Waals surface area contributed by atoms with Crippen molar-refractivity contribution in [2.24, 2.45) is 17.8 Å². The molecule has 3 aliphatic carbocycles. The number of H-pyrrole nitrogens is 1. The molecule has 2 N–H and O–H groups in total. The number of halogens is 3. The van der Waals surface area contributed by atoms with E-state index in [1.54, 1.807) is 0 Å². The van der Waals surface area contributed by atoms with Crippen LogP contribution in [0, 0.1) is 17.8 Å². The summed E-state index contributed by atoms with van der Waals surface area (Å²) in [5, 5.41) is 3.18. The quantitative estimate of drug-likeness (QED) is 0.745. The van der Waals surface area contributed by atoms with E-state index >= 15 is 0 Å². The molecule has 160 valence electrons. The second kappa shape index (κ2) is 7.53. The van der Waals surface area contributed by atoms with Crippen LogP contribution in [0.25, 0.3) is 0 Å². The number of rotatable bonds is 6. The van der Waals surface area contributed by atoms with E-state index in [4.69, 9.17) is 4.74 Å². The Morgan fingerprint density at radius 3 is 2.55 bits per heavy atom. The maximum atomic E-state index is 12.6. The topological polar surface area (TPSA) is 93.3 Å². The average Bonchev–Trinajstić information content (AvgIpc) is 2.62. The molecule has 0 aliphatic heterocycles. The van der Waals surface area contributed by atoms with Crippen molar-refractivity contribution in [3.05, 3.63) is 16.6 Å². The van der Waals surface area contributed by atoms with Crippen molar-refractivity contribution in [1.29, 1.82) is 0 Å². The molecule has 7 nitrogen and oxygen atoms in total. The predicted octanol–water partition coefficient (Wildman–Crippen LogP) is 2.56. The first-order chi connectivity index (χ1) is 13.7. The summed E-state index contributed by atoms with van der Waals surface area (Å²) in [4.78, 5) is 29.6. The van der Waals surface area contributed by atoms with E-state index in [1.165, 1.54) is 19.3 Å². The van der Waals surface area contributed by atoms with Crippen LogP contribution in [0.15, 0.2) is 10.9 Å². The first-order valence-electron chi connectivity index (χ1n) is 9.95. The van der Waals surface area contributed by atoms with Gasteiger partial charge in [0, 0.05) is 5.54 Å². The molecule has 4 rings (SSSR count). The summed E-state index contributed by atoms with van der Waals surface area (Å²) in [5.74, 6) is 0.821. The van der Waals surface area contributed by atoms with Gasteiger partial charge in [0.1, 0.15) is 0 Å². The number of alkyl halides is 3. The maximum absolute atomic E-state index is 12.6. The molecule has 3 aliphatic rings. The molecule has 29 heavy (non-hydrogen) atoms. The Morgan fingerprint density at radius 1 is 1.21 bits per heavy atom. The van der Waals surface area contributed by atoms with Crippen molar-refractivity contribution in [2.75, 3.05) is 13.2 Å². The number of amides is 1. The zero-order valence-corrected chi connectivity index (χ0v) is 15.9. The minimum absolute atomic E-state index is 0.174. The molecule has 0 spiro atoms. The summed E-state index contributed by atoms with van der Waals surface area (Å²) >= 11 is 0. The Kier molecular flexibility index (Phi) is 5.20. The summed E-state index contributed by atoms with van der Waals surface area (Å²) in [5.41, 5.74) is -1.09. The van der Waals surface area contributed by atoms with Crippen molar-refractivity contribution in [2.45, 2.75) is 56.7 Å². The summed E-state index contributed by atoms with van der Waals surface area (Å²) < 4.78 is 46.6. The number of fused-ring (bicyclic) bond motifs is 2. The van der Waals surface area contributed by atoms with Gasteiger partial charge in [0.25, 0.3) is 5.91 Å². The molecule has 0 radical (unpaired) electrons. The summed E-state index contributed by atoms with van der Waals surface area (Å²) in [6.07, 6.45) is 3.43. The predicted molar refractivity (Wildman–Crippen MR) is 95.6 cm³/mol. The van der Waals surface area contributed by atoms with Gasteiger partial charge in [-0.25, -0.2) is 4.79 Å². The van der Waals surface area contributed by atoms with E-state index in [0.717, 1.165) is 31.7 Å². The highest BCUT2D eigenvalue weighted by atomic mass is 19.4. The van der Waals surface area contributed by atoms with Crippen molar-refractivity contribution in [3.63, 3.8) is 0 Å². The third kappa shape index (κ3) is 4.67. The molecular weight excluding hydrogens is 391 g/mol. The smallest absolute Gasteiger partial charge is 0.422 e. The van der Waals surface area contributed by atoms with E-state index in [0.29, 0.717) is 17.8 Å². The molecule has 2 atom stereocenters. The lowest BCUT2D eigenvalue weighted by molar-refractivity contribution is -0.154. The minimum Gasteiger partial charge on any atom is -0.469 e. The van der Waals surface area contributed by atoms with Gasteiger partial charge in [-0.15, -0.1) is 0 Å². The molecular formula is C19H24F3N3O4. The number of aromatic amines is 1. The van der Waals surface area contributed by atoms with Gasteiger partial charge in [-0.05, 0) is 62.7 Å². The highest BCUT2D eigenvalue weighted by molar-refractivity contribution is 5.78. The Hall–Kier alpha value is -2.26. The van der Waals surface area contributed by atoms with Crippen LogP contribution < -0.4 is 20.5 Å². The molecule has 0 saturated heterocycles. The Morgan fingerprint density at radius 2 is 1.90 bits per heavy atom. The van der Waals surface area contributed by atoms with Gasteiger partial charge in [-0.3, -0.25) is 9.78 Å². The Labute approximate surface area is 165 Å². The second-order valence-electron chi connectivity index (χ2n) is 8.51. The van der Waals surface area contributed by atoms with Gasteiger partial charge in [0.15, 0.2) is 13.2 Å². The summed E-state index contributed by atoms with van der Waals surface area (Å²) in [7, 11) is 0. The van der Waals surface area contributed by atoms with Gasteiger partial charge < -0.3 is 14.8 Å². The third-order valence-corrected chi connectivity index (χ3v) is 6.43. The monoisotopic (exact) mass is 415 g/mol. The Bertz CT molecular complexity index is 810. The van der Waals surface area contributed by atoms with Crippen LogP contribution in [0.1, 0.15) is 44.9 Å². The fraction of sp³-hybridized carbons (Fsp3) is 0.737. The molecule has 1 aromatic heterocycles. The molecule has 1 amide bonds. The van der Waals surface area contributed by atoms with Gasteiger partial charge in [-0.1, -0.05) is 0 Å². The number of aromatic nitrogens is 2. The molecule has 1 aromatic rings. The van der Waals surface area contributed by atoms with Gasteiger partial charge in [-0.2, -0.15) is 18.2 Å². The van der Waals surface area contributed by atoms with Crippen LogP contribution in [0.2, 0.25) is 0 Å². The number of hydrogen-bond donors (Lipinski definition) is 2. The number of nitrogens with one attached hydrogen (secondary N) is 2. The zero-order valence-electron chi connectivity index (χ0n) is 15.9. The fourth-order valence-electron chi connectivity index (χ4n) is 5.48. The van der Waals surface area contributed by atoms with Crippen molar-refractivity contribution >= 4 is 5.91 Å². The SMILES string of the molecule is O=C(COc1cc(OCC(F)(F)F)[nH]c(=O)n1)NC12CC3CCC1CCC(C3)C2. The van der Waals surface area contributed by atoms with E-state index < -0.39 is 24.4 Å². The summed E-state index contributed by atoms with van der Waals surface area (Å²) in [6.45, 7) is -1.92. The lowest BCUT2D eigenvalue weighted by atomic mass is 9.53. The molecule has 3 fully saturated rings. The van der Waals surface area contributed by atoms with E-state index in [9.17, 15) is 22.8 Å². The average molecular weight is 415 g/mol. The van der Waals surface area contributed by atoms with Gasteiger partial charge in [0.2, 0.25) is 11.8 Å². The maximum Gasteiger partial charge on any atom is 0.422 e. The third-order valence-electron chi connectivity index (χ3n) is 6.43. The van der Waals surface area contributed by atoms with Crippen LogP contribution in [-0.2, 0) is 4.79 Å². The van der Waals surface area contributed by atoms with Crippen LogP contribution in [-0.4, -0.2) is 40.8 Å².